The molecular formula is C18H16ClN3O3. The van der Waals surface area contributed by atoms with Gasteiger partial charge in [0.2, 0.25) is 0 Å². The van der Waals surface area contributed by atoms with Gasteiger partial charge in [-0.25, -0.2) is 4.98 Å². The van der Waals surface area contributed by atoms with Crippen LogP contribution in [0.5, 0.6) is 0 Å². The van der Waals surface area contributed by atoms with Gasteiger partial charge in [0.1, 0.15) is 0 Å². The van der Waals surface area contributed by atoms with Crippen molar-refractivity contribution >= 4 is 40.0 Å². The smallest absolute Gasteiger partial charge is 0.200 e. The monoisotopic (exact) mass is 357 g/mol. The standard InChI is InChI=1S/C18H16ClN3O3/c19-12-2-1-3-13(10-12)21-18-17-14(4-5-20-18)15(23)11-16(25-17)22-6-8-24-9-7-22/h1-5,10-11H,6-9H2,(H,20,21). The molecule has 1 saturated heterocycles. The highest BCUT2D eigenvalue weighted by Crippen LogP contribution is 2.27. The molecule has 0 radical (unpaired) electrons. The SMILES string of the molecule is O=c1cc(N2CCOCC2)oc2c(Nc3cccc(Cl)c3)nccc12. The molecule has 3 heterocycles. The number of benzene rings is 1. The highest BCUT2D eigenvalue weighted by molar-refractivity contribution is 6.30. The second kappa shape index (κ2) is 6.74. The highest BCUT2D eigenvalue weighted by Gasteiger charge is 2.17. The molecule has 0 saturated carbocycles. The number of ether oxygens (including phenoxy) is 1. The Balaban J connectivity index is 1.78. The largest absolute Gasteiger partial charge is 0.436 e. The van der Waals surface area contributed by atoms with Gasteiger partial charge in [-0.05, 0) is 24.3 Å². The Morgan fingerprint density at radius 3 is 2.80 bits per heavy atom. The van der Waals surface area contributed by atoms with E-state index in [9.17, 15) is 4.79 Å². The zero-order chi connectivity index (χ0) is 17.2. The van der Waals surface area contributed by atoms with E-state index < -0.39 is 0 Å². The first kappa shape index (κ1) is 15.9. The summed E-state index contributed by atoms with van der Waals surface area (Å²) in [6, 6.07) is 10.5. The summed E-state index contributed by atoms with van der Waals surface area (Å²) >= 11 is 6.03. The summed E-state index contributed by atoms with van der Waals surface area (Å²) < 4.78 is 11.4. The van der Waals surface area contributed by atoms with Gasteiger partial charge in [-0.3, -0.25) is 4.79 Å². The molecule has 2 aromatic heterocycles. The fourth-order valence-electron chi connectivity index (χ4n) is 2.80. The van der Waals surface area contributed by atoms with E-state index >= 15 is 0 Å². The van der Waals surface area contributed by atoms with E-state index in [1.54, 1.807) is 24.4 Å². The fraction of sp³-hybridized carbons (Fsp3) is 0.222. The topological polar surface area (TPSA) is 67.6 Å². The number of hydrogen-bond donors (Lipinski definition) is 1. The number of nitrogens with one attached hydrogen (secondary N) is 1. The number of aromatic nitrogens is 1. The van der Waals surface area contributed by atoms with Crippen LogP contribution in [0.3, 0.4) is 0 Å². The summed E-state index contributed by atoms with van der Waals surface area (Å²) in [4.78, 5) is 18.8. The molecule has 7 heteroatoms. The molecule has 3 aromatic rings. The normalized spacial score (nSPS) is 14.7. The lowest BCUT2D eigenvalue weighted by Gasteiger charge is -2.27. The maximum Gasteiger partial charge on any atom is 0.200 e. The summed E-state index contributed by atoms with van der Waals surface area (Å²) in [6.45, 7) is 2.60. The zero-order valence-electron chi connectivity index (χ0n) is 13.4. The molecule has 1 fully saturated rings. The van der Waals surface area contributed by atoms with E-state index in [0.717, 1.165) is 5.69 Å². The van der Waals surface area contributed by atoms with Crippen molar-refractivity contribution in [3.05, 3.63) is 57.8 Å². The fourth-order valence-corrected chi connectivity index (χ4v) is 2.99. The summed E-state index contributed by atoms with van der Waals surface area (Å²) in [5.41, 5.74) is 1.10. The number of morpholine rings is 1. The predicted octanol–water partition coefficient (Wildman–Crippen LogP) is 3.42. The average molecular weight is 358 g/mol. The van der Waals surface area contributed by atoms with E-state index in [4.69, 9.17) is 20.8 Å². The molecule has 4 rings (SSSR count). The molecule has 6 nitrogen and oxygen atoms in total. The van der Waals surface area contributed by atoms with E-state index in [1.165, 1.54) is 6.07 Å². The van der Waals surface area contributed by atoms with Crippen molar-refractivity contribution in [2.45, 2.75) is 0 Å². The molecule has 0 spiro atoms. The summed E-state index contributed by atoms with van der Waals surface area (Å²) in [6.07, 6.45) is 1.58. The van der Waals surface area contributed by atoms with Crippen molar-refractivity contribution in [1.29, 1.82) is 0 Å². The van der Waals surface area contributed by atoms with Crippen LogP contribution in [0.1, 0.15) is 0 Å². The summed E-state index contributed by atoms with van der Waals surface area (Å²) in [7, 11) is 0. The Labute approximate surface area is 149 Å². The number of halogens is 1. The summed E-state index contributed by atoms with van der Waals surface area (Å²) in [5, 5.41) is 4.27. The Hall–Kier alpha value is -2.57. The Bertz CT molecular complexity index is 967. The van der Waals surface area contributed by atoms with Crippen molar-refractivity contribution in [3.63, 3.8) is 0 Å². The lowest BCUT2D eigenvalue weighted by atomic mass is 10.2. The number of anilines is 3. The van der Waals surface area contributed by atoms with Crippen LogP contribution in [0.4, 0.5) is 17.4 Å². The molecule has 25 heavy (non-hydrogen) atoms. The molecule has 1 aliphatic rings. The summed E-state index contributed by atoms with van der Waals surface area (Å²) in [5.74, 6) is 1.01. The first-order chi connectivity index (χ1) is 12.2. The second-order valence-corrected chi connectivity index (χ2v) is 6.16. The van der Waals surface area contributed by atoms with Gasteiger partial charge >= 0.3 is 0 Å². The molecule has 0 bridgehead atoms. The second-order valence-electron chi connectivity index (χ2n) is 5.72. The Morgan fingerprint density at radius 2 is 2.00 bits per heavy atom. The third-order valence-corrected chi connectivity index (χ3v) is 4.28. The van der Waals surface area contributed by atoms with Crippen molar-refractivity contribution in [1.82, 2.24) is 4.98 Å². The van der Waals surface area contributed by atoms with Crippen molar-refractivity contribution in [2.75, 3.05) is 36.5 Å². The zero-order valence-corrected chi connectivity index (χ0v) is 14.1. The minimum absolute atomic E-state index is 0.0979. The number of nitrogens with zero attached hydrogens (tertiary/aromatic N) is 2. The minimum Gasteiger partial charge on any atom is -0.436 e. The van der Waals surface area contributed by atoms with Crippen LogP contribution in [0.15, 0.2) is 51.8 Å². The molecule has 128 valence electrons. The van der Waals surface area contributed by atoms with Gasteiger partial charge in [0.05, 0.1) is 18.6 Å². The first-order valence-corrected chi connectivity index (χ1v) is 8.37. The van der Waals surface area contributed by atoms with Gasteiger partial charge in [0, 0.05) is 36.1 Å². The Kier molecular flexibility index (Phi) is 4.29. The van der Waals surface area contributed by atoms with Crippen LogP contribution >= 0.6 is 11.6 Å². The van der Waals surface area contributed by atoms with Crippen LogP contribution < -0.4 is 15.6 Å². The van der Waals surface area contributed by atoms with Crippen molar-refractivity contribution < 1.29 is 9.15 Å². The van der Waals surface area contributed by atoms with E-state index in [2.05, 4.69) is 10.3 Å². The molecular weight excluding hydrogens is 342 g/mol. The van der Waals surface area contributed by atoms with Crippen LogP contribution in [0.2, 0.25) is 5.02 Å². The lowest BCUT2D eigenvalue weighted by Crippen LogP contribution is -2.36. The van der Waals surface area contributed by atoms with E-state index in [1.807, 2.05) is 17.0 Å². The third kappa shape index (κ3) is 3.31. The van der Waals surface area contributed by atoms with Crippen molar-refractivity contribution in [2.24, 2.45) is 0 Å². The Morgan fingerprint density at radius 1 is 1.16 bits per heavy atom. The molecule has 0 aliphatic carbocycles. The van der Waals surface area contributed by atoms with E-state index in [0.29, 0.717) is 54.0 Å². The van der Waals surface area contributed by atoms with E-state index in [-0.39, 0.29) is 5.43 Å². The predicted molar refractivity (Wildman–Crippen MR) is 98.0 cm³/mol. The van der Waals surface area contributed by atoms with Gasteiger partial charge in [-0.1, -0.05) is 17.7 Å². The molecule has 0 unspecified atom stereocenters. The van der Waals surface area contributed by atoms with Gasteiger partial charge in [-0.15, -0.1) is 0 Å². The van der Waals surface area contributed by atoms with Gasteiger partial charge in [0.15, 0.2) is 22.7 Å². The number of rotatable bonds is 3. The van der Waals surface area contributed by atoms with Gasteiger partial charge in [0.25, 0.3) is 0 Å². The van der Waals surface area contributed by atoms with Crippen molar-refractivity contribution in [3.8, 4) is 0 Å². The molecule has 1 aliphatic heterocycles. The van der Waals surface area contributed by atoms with Crippen LogP contribution in [-0.4, -0.2) is 31.3 Å². The number of fused-ring (bicyclic) bond motifs is 1. The molecule has 0 atom stereocenters. The minimum atomic E-state index is -0.0979. The lowest BCUT2D eigenvalue weighted by molar-refractivity contribution is 0.121. The van der Waals surface area contributed by atoms with Gasteiger partial charge < -0.3 is 19.4 Å². The quantitative estimate of drug-likeness (QED) is 0.774. The van der Waals surface area contributed by atoms with Gasteiger partial charge in [-0.2, -0.15) is 0 Å². The van der Waals surface area contributed by atoms with Crippen LogP contribution in [0, 0.1) is 0 Å². The van der Waals surface area contributed by atoms with Crippen LogP contribution in [0.25, 0.3) is 11.0 Å². The highest BCUT2D eigenvalue weighted by atomic mass is 35.5. The number of pyridine rings is 1. The molecule has 0 amide bonds. The van der Waals surface area contributed by atoms with Crippen LogP contribution in [-0.2, 0) is 4.74 Å². The molecule has 1 aromatic carbocycles. The average Bonchev–Trinajstić information content (AvgIpc) is 2.63. The third-order valence-electron chi connectivity index (χ3n) is 4.04. The molecule has 1 N–H and O–H groups in total. The maximum atomic E-state index is 12.5. The number of hydrogen-bond acceptors (Lipinski definition) is 6. The first-order valence-electron chi connectivity index (χ1n) is 7.99. The maximum absolute atomic E-state index is 12.5.